The second kappa shape index (κ2) is 3.20. The lowest BCUT2D eigenvalue weighted by molar-refractivity contribution is 0.0404. The fourth-order valence-electron chi connectivity index (χ4n) is 1.91. The molecule has 2 fully saturated rings. The molecule has 1 aliphatic carbocycles. The minimum absolute atomic E-state index is 0.00972. The van der Waals surface area contributed by atoms with Crippen LogP contribution >= 0.6 is 0 Å². The SMILES string of the molecule is O=S1(=O)CCN(C2CCC2F)CC1. The third kappa shape index (κ3) is 1.86. The summed E-state index contributed by atoms with van der Waals surface area (Å²) in [5.74, 6) is 0.409. The van der Waals surface area contributed by atoms with Gasteiger partial charge >= 0.3 is 0 Å². The summed E-state index contributed by atoms with van der Waals surface area (Å²) in [5.41, 5.74) is 0. The van der Waals surface area contributed by atoms with Gasteiger partial charge in [0.15, 0.2) is 9.84 Å². The van der Waals surface area contributed by atoms with Crippen LogP contribution in [0.2, 0.25) is 0 Å². The van der Waals surface area contributed by atoms with Gasteiger partial charge in [-0.05, 0) is 12.8 Å². The lowest BCUT2D eigenvalue weighted by atomic mass is 9.89. The Kier molecular flexibility index (Phi) is 2.32. The Labute approximate surface area is 77.8 Å². The molecular formula is C8H14FNO2S. The second-order valence-electron chi connectivity index (χ2n) is 3.85. The molecule has 0 aromatic rings. The van der Waals surface area contributed by atoms with Crippen molar-refractivity contribution in [2.45, 2.75) is 25.1 Å². The number of nitrogens with zero attached hydrogens (tertiary/aromatic N) is 1. The van der Waals surface area contributed by atoms with Crippen molar-refractivity contribution in [1.29, 1.82) is 0 Å². The Hall–Kier alpha value is -0.160. The minimum atomic E-state index is -2.81. The maximum absolute atomic E-state index is 13.0. The molecule has 1 saturated heterocycles. The normalized spacial score (nSPS) is 39.8. The summed E-state index contributed by atoms with van der Waals surface area (Å²) in [5, 5.41) is 0. The molecule has 2 aliphatic rings. The van der Waals surface area contributed by atoms with Crippen LogP contribution in [0.15, 0.2) is 0 Å². The van der Waals surface area contributed by atoms with Gasteiger partial charge < -0.3 is 0 Å². The molecule has 2 atom stereocenters. The Bertz CT molecular complexity index is 277. The molecule has 0 amide bonds. The molecular weight excluding hydrogens is 193 g/mol. The number of hydrogen-bond acceptors (Lipinski definition) is 3. The topological polar surface area (TPSA) is 37.4 Å². The highest BCUT2D eigenvalue weighted by molar-refractivity contribution is 7.91. The van der Waals surface area contributed by atoms with E-state index in [2.05, 4.69) is 0 Å². The zero-order valence-corrected chi connectivity index (χ0v) is 8.26. The lowest BCUT2D eigenvalue weighted by Gasteiger charge is -2.41. The first-order chi connectivity index (χ1) is 6.08. The number of sulfone groups is 1. The second-order valence-corrected chi connectivity index (χ2v) is 6.15. The predicted molar refractivity (Wildman–Crippen MR) is 48.1 cm³/mol. The summed E-state index contributed by atoms with van der Waals surface area (Å²) < 4.78 is 35.1. The molecule has 0 radical (unpaired) electrons. The van der Waals surface area contributed by atoms with Crippen LogP contribution in [0.5, 0.6) is 0 Å². The number of alkyl halides is 1. The van der Waals surface area contributed by atoms with Crippen molar-refractivity contribution in [2.75, 3.05) is 24.6 Å². The van der Waals surface area contributed by atoms with Crippen LogP contribution in [0, 0.1) is 0 Å². The molecule has 1 aliphatic heterocycles. The van der Waals surface area contributed by atoms with Crippen LogP contribution in [0.1, 0.15) is 12.8 Å². The van der Waals surface area contributed by atoms with Crippen LogP contribution < -0.4 is 0 Å². The van der Waals surface area contributed by atoms with E-state index < -0.39 is 16.0 Å². The largest absolute Gasteiger partial charge is 0.295 e. The van der Waals surface area contributed by atoms with Crippen molar-refractivity contribution in [3.63, 3.8) is 0 Å². The van der Waals surface area contributed by atoms with Gasteiger partial charge in [0.1, 0.15) is 6.17 Å². The van der Waals surface area contributed by atoms with Gasteiger partial charge in [-0.2, -0.15) is 0 Å². The third-order valence-electron chi connectivity index (χ3n) is 3.00. The van der Waals surface area contributed by atoms with E-state index in [0.29, 0.717) is 19.5 Å². The summed E-state index contributed by atoms with van der Waals surface area (Å²) >= 11 is 0. The minimum Gasteiger partial charge on any atom is -0.295 e. The van der Waals surface area contributed by atoms with Crippen LogP contribution in [0.4, 0.5) is 4.39 Å². The van der Waals surface area contributed by atoms with E-state index in [1.54, 1.807) is 0 Å². The highest BCUT2D eigenvalue weighted by Crippen LogP contribution is 2.29. The van der Waals surface area contributed by atoms with Crippen LogP contribution in [0.3, 0.4) is 0 Å². The quantitative estimate of drug-likeness (QED) is 0.617. The summed E-state index contributed by atoms with van der Waals surface area (Å²) in [7, 11) is -2.81. The van der Waals surface area contributed by atoms with Gasteiger partial charge in [0.25, 0.3) is 0 Å². The highest BCUT2D eigenvalue weighted by Gasteiger charge is 2.37. The van der Waals surface area contributed by atoms with E-state index in [1.807, 2.05) is 4.90 Å². The van der Waals surface area contributed by atoms with E-state index >= 15 is 0 Å². The predicted octanol–water partition coefficient (Wildman–Crippen LogP) is 0.217. The average molecular weight is 207 g/mol. The molecule has 0 bridgehead atoms. The molecule has 2 unspecified atom stereocenters. The van der Waals surface area contributed by atoms with E-state index in [-0.39, 0.29) is 17.5 Å². The fraction of sp³-hybridized carbons (Fsp3) is 1.00. The number of hydrogen-bond donors (Lipinski definition) is 0. The first-order valence-electron chi connectivity index (χ1n) is 4.67. The van der Waals surface area contributed by atoms with E-state index in [9.17, 15) is 12.8 Å². The monoisotopic (exact) mass is 207 g/mol. The van der Waals surface area contributed by atoms with Crippen molar-refractivity contribution in [3.05, 3.63) is 0 Å². The molecule has 5 heteroatoms. The van der Waals surface area contributed by atoms with Gasteiger partial charge in [-0.1, -0.05) is 0 Å². The van der Waals surface area contributed by atoms with Gasteiger partial charge in [0, 0.05) is 19.1 Å². The van der Waals surface area contributed by atoms with Crippen molar-refractivity contribution in [2.24, 2.45) is 0 Å². The zero-order chi connectivity index (χ0) is 9.47. The molecule has 2 rings (SSSR count). The number of halogens is 1. The highest BCUT2D eigenvalue weighted by atomic mass is 32.2. The Morgan fingerprint density at radius 3 is 2.15 bits per heavy atom. The van der Waals surface area contributed by atoms with Crippen molar-refractivity contribution >= 4 is 9.84 Å². The van der Waals surface area contributed by atoms with E-state index in [1.165, 1.54) is 0 Å². The summed E-state index contributed by atoms with van der Waals surface area (Å²) in [6.45, 7) is 1.04. The average Bonchev–Trinajstić information content (AvgIpc) is 2.06. The Morgan fingerprint density at radius 2 is 1.77 bits per heavy atom. The lowest BCUT2D eigenvalue weighted by Crippen LogP contribution is -2.53. The van der Waals surface area contributed by atoms with Crippen LogP contribution in [0.25, 0.3) is 0 Å². The van der Waals surface area contributed by atoms with Gasteiger partial charge in [0.2, 0.25) is 0 Å². The van der Waals surface area contributed by atoms with E-state index in [0.717, 1.165) is 6.42 Å². The van der Waals surface area contributed by atoms with Crippen LogP contribution in [-0.4, -0.2) is 50.1 Å². The molecule has 13 heavy (non-hydrogen) atoms. The van der Waals surface area contributed by atoms with Gasteiger partial charge in [0.05, 0.1) is 11.5 Å². The molecule has 0 spiro atoms. The van der Waals surface area contributed by atoms with Crippen molar-refractivity contribution in [3.8, 4) is 0 Å². The summed E-state index contributed by atoms with van der Waals surface area (Å²) in [6, 6.07) is 0.00972. The summed E-state index contributed by atoms with van der Waals surface area (Å²) in [6.07, 6.45) is 0.815. The van der Waals surface area contributed by atoms with Crippen LogP contribution in [-0.2, 0) is 9.84 Å². The third-order valence-corrected chi connectivity index (χ3v) is 4.61. The molecule has 0 aromatic carbocycles. The Balaban J connectivity index is 1.91. The molecule has 0 N–H and O–H groups in total. The maximum atomic E-state index is 13.0. The first kappa shape index (κ1) is 9.40. The molecule has 1 heterocycles. The Morgan fingerprint density at radius 1 is 1.15 bits per heavy atom. The van der Waals surface area contributed by atoms with E-state index in [4.69, 9.17) is 0 Å². The van der Waals surface area contributed by atoms with Crippen molar-refractivity contribution in [1.82, 2.24) is 4.90 Å². The van der Waals surface area contributed by atoms with Crippen molar-refractivity contribution < 1.29 is 12.8 Å². The molecule has 1 saturated carbocycles. The fourth-order valence-corrected chi connectivity index (χ4v) is 3.14. The van der Waals surface area contributed by atoms with Gasteiger partial charge in [-0.25, -0.2) is 12.8 Å². The molecule has 3 nitrogen and oxygen atoms in total. The maximum Gasteiger partial charge on any atom is 0.152 e. The molecule has 0 aromatic heterocycles. The standard InChI is InChI=1S/C8H14FNO2S/c9-7-1-2-8(7)10-3-5-13(11,12)6-4-10/h7-8H,1-6H2. The summed E-state index contributed by atoms with van der Waals surface area (Å²) in [4.78, 5) is 1.98. The zero-order valence-electron chi connectivity index (χ0n) is 7.45. The van der Waals surface area contributed by atoms with Gasteiger partial charge in [-0.15, -0.1) is 0 Å². The number of rotatable bonds is 1. The van der Waals surface area contributed by atoms with Gasteiger partial charge in [-0.3, -0.25) is 4.90 Å². The molecule has 76 valence electrons. The smallest absolute Gasteiger partial charge is 0.152 e. The first-order valence-corrected chi connectivity index (χ1v) is 6.49.